The van der Waals surface area contributed by atoms with E-state index in [0.29, 0.717) is 12.2 Å². The fourth-order valence-electron chi connectivity index (χ4n) is 2.65. The SMILES string of the molecule is CCn1ccnc1C(=O)CC1(N)CCCCC1. The number of nitrogens with zero attached hydrogens (tertiary/aromatic N) is 2. The topological polar surface area (TPSA) is 60.9 Å². The summed E-state index contributed by atoms with van der Waals surface area (Å²) in [6.07, 6.45) is 9.42. The predicted octanol–water partition coefficient (Wildman–Crippen LogP) is 2.14. The minimum absolute atomic E-state index is 0.0845. The summed E-state index contributed by atoms with van der Waals surface area (Å²) >= 11 is 0. The molecule has 1 aromatic heterocycles. The van der Waals surface area contributed by atoms with E-state index in [9.17, 15) is 4.79 Å². The van der Waals surface area contributed by atoms with Crippen LogP contribution in [0.5, 0.6) is 0 Å². The molecule has 1 saturated carbocycles. The Morgan fingerprint density at radius 3 is 2.82 bits per heavy atom. The molecular formula is C13H21N3O. The van der Waals surface area contributed by atoms with Gasteiger partial charge < -0.3 is 10.3 Å². The molecular weight excluding hydrogens is 214 g/mol. The zero-order chi connectivity index (χ0) is 12.3. The Balaban J connectivity index is 2.06. The lowest BCUT2D eigenvalue weighted by Gasteiger charge is -2.32. The number of aryl methyl sites for hydroxylation is 1. The molecule has 0 amide bonds. The van der Waals surface area contributed by atoms with E-state index in [4.69, 9.17) is 5.73 Å². The Bertz CT molecular complexity index is 391. The van der Waals surface area contributed by atoms with Crippen molar-refractivity contribution in [2.75, 3.05) is 0 Å². The van der Waals surface area contributed by atoms with Gasteiger partial charge in [-0.1, -0.05) is 19.3 Å². The van der Waals surface area contributed by atoms with Gasteiger partial charge in [0.25, 0.3) is 0 Å². The Morgan fingerprint density at radius 2 is 2.18 bits per heavy atom. The summed E-state index contributed by atoms with van der Waals surface area (Å²) in [7, 11) is 0. The molecule has 1 heterocycles. The summed E-state index contributed by atoms with van der Waals surface area (Å²) in [6, 6.07) is 0. The van der Waals surface area contributed by atoms with Gasteiger partial charge in [-0.2, -0.15) is 0 Å². The Labute approximate surface area is 102 Å². The van der Waals surface area contributed by atoms with E-state index in [0.717, 1.165) is 32.2 Å². The molecule has 1 aromatic rings. The summed E-state index contributed by atoms with van der Waals surface area (Å²) in [5, 5.41) is 0. The molecule has 0 unspecified atom stereocenters. The van der Waals surface area contributed by atoms with Crippen LogP contribution in [0.3, 0.4) is 0 Å². The minimum Gasteiger partial charge on any atom is -0.329 e. The molecule has 94 valence electrons. The largest absolute Gasteiger partial charge is 0.329 e. The van der Waals surface area contributed by atoms with E-state index in [-0.39, 0.29) is 11.3 Å². The molecule has 0 aromatic carbocycles. The molecule has 0 radical (unpaired) electrons. The third-order valence-corrected chi connectivity index (χ3v) is 3.67. The third-order valence-electron chi connectivity index (χ3n) is 3.67. The van der Waals surface area contributed by atoms with Crippen LogP contribution < -0.4 is 5.73 Å². The average Bonchev–Trinajstić information content (AvgIpc) is 2.77. The van der Waals surface area contributed by atoms with Crippen molar-refractivity contribution < 1.29 is 4.79 Å². The minimum atomic E-state index is -0.292. The maximum atomic E-state index is 12.2. The Morgan fingerprint density at radius 1 is 1.47 bits per heavy atom. The summed E-state index contributed by atoms with van der Waals surface area (Å²) < 4.78 is 1.88. The second-order valence-electron chi connectivity index (χ2n) is 5.06. The number of carbonyl (C=O) groups excluding carboxylic acids is 1. The van der Waals surface area contributed by atoms with E-state index in [1.54, 1.807) is 6.20 Å². The van der Waals surface area contributed by atoms with Gasteiger partial charge in [0.2, 0.25) is 0 Å². The van der Waals surface area contributed by atoms with Crippen molar-refractivity contribution in [3.8, 4) is 0 Å². The lowest BCUT2D eigenvalue weighted by atomic mass is 9.79. The Hall–Kier alpha value is -1.16. The maximum Gasteiger partial charge on any atom is 0.200 e. The zero-order valence-corrected chi connectivity index (χ0v) is 10.5. The number of hydrogen-bond donors (Lipinski definition) is 1. The van der Waals surface area contributed by atoms with Gasteiger partial charge in [-0.3, -0.25) is 4.79 Å². The molecule has 4 nitrogen and oxygen atoms in total. The summed E-state index contributed by atoms with van der Waals surface area (Å²) in [4.78, 5) is 16.3. The highest BCUT2D eigenvalue weighted by molar-refractivity contribution is 5.93. The molecule has 2 N–H and O–H groups in total. The quantitative estimate of drug-likeness (QED) is 0.813. The highest BCUT2D eigenvalue weighted by Crippen LogP contribution is 2.29. The van der Waals surface area contributed by atoms with Crippen LogP contribution in [0.25, 0.3) is 0 Å². The van der Waals surface area contributed by atoms with Gasteiger partial charge in [-0.25, -0.2) is 4.98 Å². The van der Waals surface area contributed by atoms with Crippen LogP contribution in [0.1, 0.15) is 56.1 Å². The average molecular weight is 235 g/mol. The standard InChI is InChI=1S/C13H21N3O/c1-2-16-9-8-15-12(16)11(17)10-13(14)6-4-3-5-7-13/h8-9H,2-7,10,14H2,1H3. The van der Waals surface area contributed by atoms with Crippen molar-refractivity contribution in [1.29, 1.82) is 0 Å². The first-order valence-electron chi connectivity index (χ1n) is 6.48. The lowest BCUT2D eigenvalue weighted by molar-refractivity contribution is 0.0920. The van der Waals surface area contributed by atoms with E-state index in [1.165, 1.54) is 6.42 Å². The zero-order valence-electron chi connectivity index (χ0n) is 10.5. The lowest BCUT2D eigenvalue weighted by Crippen LogP contribution is -2.43. The number of ketones is 1. The molecule has 0 aliphatic heterocycles. The predicted molar refractivity (Wildman–Crippen MR) is 66.9 cm³/mol. The number of imidazole rings is 1. The van der Waals surface area contributed by atoms with Crippen LogP contribution >= 0.6 is 0 Å². The highest BCUT2D eigenvalue weighted by atomic mass is 16.1. The van der Waals surface area contributed by atoms with Crippen molar-refractivity contribution >= 4 is 5.78 Å². The molecule has 1 aliphatic rings. The third kappa shape index (κ3) is 2.75. The second-order valence-corrected chi connectivity index (χ2v) is 5.06. The van der Waals surface area contributed by atoms with Gasteiger partial charge in [-0.05, 0) is 19.8 Å². The molecule has 0 atom stereocenters. The normalized spacial score (nSPS) is 19.2. The molecule has 0 spiro atoms. The van der Waals surface area contributed by atoms with E-state index >= 15 is 0 Å². The van der Waals surface area contributed by atoms with Crippen molar-refractivity contribution in [2.24, 2.45) is 5.73 Å². The number of aromatic nitrogens is 2. The van der Waals surface area contributed by atoms with Crippen molar-refractivity contribution in [1.82, 2.24) is 9.55 Å². The number of nitrogens with two attached hydrogens (primary N) is 1. The number of Topliss-reactive ketones (excluding diaryl/α,β-unsaturated/α-hetero) is 1. The molecule has 2 rings (SSSR count). The van der Waals surface area contributed by atoms with Crippen LogP contribution in [0.2, 0.25) is 0 Å². The van der Waals surface area contributed by atoms with E-state index in [2.05, 4.69) is 4.98 Å². The second kappa shape index (κ2) is 5.00. The van der Waals surface area contributed by atoms with Crippen LogP contribution in [-0.4, -0.2) is 20.9 Å². The van der Waals surface area contributed by atoms with Crippen molar-refractivity contribution in [2.45, 2.75) is 57.5 Å². The molecule has 17 heavy (non-hydrogen) atoms. The fourth-order valence-corrected chi connectivity index (χ4v) is 2.65. The first-order valence-corrected chi connectivity index (χ1v) is 6.48. The Kier molecular flexibility index (Phi) is 3.62. The maximum absolute atomic E-state index is 12.2. The van der Waals surface area contributed by atoms with Crippen molar-refractivity contribution in [3.05, 3.63) is 18.2 Å². The van der Waals surface area contributed by atoms with Gasteiger partial charge in [0, 0.05) is 30.9 Å². The fraction of sp³-hybridized carbons (Fsp3) is 0.692. The van der Waals surface area contributed by atoms with Gasteiger partial charge >= 0.3 is 0 Å². The van der Waals surface area contributed by atoms with Crippen LogP contribution in [0.15, 0.2) is 12.4 Å². The smallest absolute Gasteiger partial charge is 0.200 e. The van der Waals surface area contributed by atoms with Crippen LogP contribution in [0.4, 0.5) is 0 Å². The molecule has 1 fully saturated rings. The molecule has 0 bridgehead atoms. The summed E-state index contributed by atoms with van der Waals surface area (Å²) in [5.41, 5.74) is 6.01. The molecule has 0 saturated heterocycles. The van der Waals surface area contributed by atoms with Crippen LogP contribution in [0, 0.1) is 0 Å². The van der Waals surface area contributed by atoms with Crippen molar-refractivity contribution in [3.63, 3.8) is 0 Å². The van der Waals surface area contributed by atoms with E-state index < -0.39 is 0 Å². The number of carbonyl (C=O) groups is 1. The van der Waals surface area contributed by atoms with Crippen LogP contribution in [-0.2, 0) is 6.54 Å². The first-order chi connectivity index (χ1) is 8.14. The summed E-state index contributed by atoms with van der Waals surface area (Å²) in [6.45, 7) is 2.79. The highest BCUT2D eigenvalue weighted by Gasteiger charge is 2.31. The number of hydrogen-bond acceptors (Lipinski definition) is 3. The molecule has 4 heteroatoms. The number of rotatable bonds is 4. The van der Waals surface area contributed by atoms with Gasteiger partial charge in [0.1, 0.15) is 0 Å². The van der Waals surface area contributed by atoms with Gasteiger partial charge in [0.05, 0.1) is 0 Å². The first kappa shape index (κ1) is 12.3. The molecule has 1 aliphatic carbocycles. The monoisotopic (exact) mass is 235 g/mol. The van der Waals surface area contributed by atoms with E-state index in [1.807, 2.05) is 17.7 Å². The summed E-state index contributed by atoms with van der Waals surface area (Å²) in [5.74, 6) is 0.643. The van der Waals surface area contributed by atoms with Gasteiger partial charge in [0.15, 0.2) is 11.6 Å². The van der Waals surface area contributed by atoms with Gasteiger partial charge in [-0.15, -0.1) is 0 Å².